The third kappa shape index (κ3) is 3.95. The zero-order valence-electron chi connectivity index (χ0n) is 19.0. The number of amides is 1. The van der Waals surface area contributed by atoms with Gasteiger partial charge in [-0.15, -0.1) is 0 Å². The van der Waals surface area contributed by atoms with Crippen LogP contribution in [0.25, 0.3) is 16.7 Å². The lowest BCUT2D eigenvalue weighted by Crippen LogP contribution is -2.32. The first-order valence-corrected chi connectivity index (χ1v) is 11.2. The molecule has 2 heterocycles. The minimum atomic E-state index is -1.05. The number of nitrogens with zero attached hydrogens (tertiary/aromatic N) is 1. The molecule has 1 amide bonds. The number of benzene rings is 3. The quantitative estimate of drug-likeness (QED) is 0.237. The molecule has 1 aromatic heterocycles. The Morgan fingerprint density at radius 3 is 2.49 bits per heavy atom. The number of aliphatic hydroxyl groups is 1. The Bertz CT molecular complexity index is 1460. The summed E-state index contributed by atoms with van der Waals surface area (Å²) in [6.07, 6.45) is 2.32. The average molecular weight is 471 g/mol. The van der Waals surface area contributed by atoms with Gasteiger partial charge in [-0.1, -0.05) is 36.4 Å². The van der Waals surface area contributed by atoms with Crippen LogP contribution >= 0.6 is 0 Å². The summed E-state index contributed by atoms with van der Waals surface area (Å²) < 4.78 is 20.1. The monoisotopic (exact) mass is 470 g/mol. The van der Waals surface area contributed by atoms with Crippen molar-refractivity contribution in [1.82, 2.24) is 9.88 Å². The molecule has 0 spiro atoms. The number of H-pyrrole nitrogens is 1. The van der Waals surface area contributed by atoms with E-state index in [1.165, 1.54) is 24.1 Å². The number of rotatable bonds is 6. The third-order valence-electron chi connectivity index (χ3n) is 6.40. The Balaban J connectivity index is 1.57. The number of Topliss-reactive ketones (excluding diaryl/α,β-unsaturated/α-hetero) is 1. The van der Waals surface area contributed by atoms with Gasteiger partial charge in [0.2, 0.25) is 0 Å². The van der Waals surface area contributed by atoms with Crippen LogP contribution in [0.5, 0.6) is 5.75 Å². The van der Waals surface area contributed by atoms with Crippen LogP contribution in [0.4, 0.5) is 4.39 Å². The molecule has 7 heteroatoms. The predicted molar refractivity (Wildman–Crippen MR) is 130 cm³/mol. The Morgan fingerprint density at radius 2 is 1.74 bits per heavy atom. The van der Waals surface area contributed by atoms with Gasteiger partial charge in [-0.2, -0.15) is 0 Å². The molecule has 1 fully saturated rings. The number of aromatic amines is 1. The number of fused-ring (bicyclic) bond motifs is 1. The molecular weight excluding hydrogens is 447 g/mol. The lowest BCUT2D eigenvalue weighted by molar-refractivity contribution is -0.139. The largest absolute Gasteiger partial charge is 0.507 e. The molecule has 3 aromatic carbocycles. The number of aliphatic hydroxyl groups excluding tert-OH is 1. The fourth-order valence-corrected chi connectivity index (χ4v) is 4.61. The van der Waals surface area contributed by atoms with Crippen molar-refractivity contribution in [2.45, 2.75) is 12.5 Å². The highest BCUT2D eigenvalue weighted by molar-refractivity contribution is 6.46. The number of ether oxygens (including phenoxy) is 1. The summed E-state index contributed by atoms with van der Waals surface area (Å²) in [5.41, 5.74) is 2.30. The van der Waals surface area contributed by atoms with Crippen molar-refractivity contribution in [1.29, 1.82) is 0 Å². The van der Waals surface area contributed by atoms with E-state index in [9.17, 15) is 19.1 Å². The number of carbonyl (C=O) groups excluding carboxylic acids is 2. The molecule has 0 bridgehead atoms. The number of aromatic nitrogens is 1. The van der Waals surface area contributed by atoms with Gasteiger partial charge in [0.15, 0.2) is 0 Å². The van der Waals surface area contributed by atoms with Crippen molar-refractivity contribution in [3.63, 3.8) is 0 Å². The van der Waals surface area contributed by atoms with E-state index in [1.54, 1.807) is 36.4 Å². The second-order valence-electron chi connectivity index (χ2n) is 8.35. The summed E-state index contributed by atoms with van der Waals surface area (Å²) in [7, 11) is 1.52. The topological polar surface area (TPSA) is 82.6 Å². The van der Waals surface area contributed by atoms with E-state index in [-0.39, 0.29) is 23.4 Å². The number of para-hydroxylation sites is 1. The van der Waals surface area contributed by atoms with Crippen LogP contribution in [0.1, 0.15) is 22.7 Å². The summed E-state index contributed by atoms with van der Waals surface area (Å²) in [6.45, 7) is 0.171. The van der Waals surface area contributed by atoms with E-state index in [2.05, 4.69) is 4.98 Å². The first kappa shape index (κ1) is 22.4. The molecule has 4 aromatic rings. The van der Waals surface area contributed by atoms with E-state index in [1.807, 2.05) is 30.5 Å². The van der Waals surface area contributed by atoms with Crippen molar-refractivity contribution in [2.24, 2.45) is 0 Å². The molecule has 6 nitrogen and oxygen atoms in total. The highest BCUT2D eigenvalue weighted by Crippen LogP contribution is 2.40. The average Bonchev–Trinajstić information content (AvgIpc) is 3.41. The molecule has 0 radical (unpaired) electrons. The van der Waals surface area contributed by atoms with Crippen molar-refractivity contribution in [3.05, 3.63) is 107 Å². The van der Waals surface area contributed by atoms with E-state index in [4.69, 9.17) is 4.74 Å². The normalized spacial score (nSPS) is 17.3. The maximum Gasteiger partial charge on any atom is 0.295 e. The van der Waals surface area contributed by atoms with Gasteiger partial charge in [-0.05, 0) is 48.4 Å². The van der Waals surface area contributed by atoms with Crippen molar-refractivity contribution in [2.75, 3.05) is 13.7 Å². The number of ketones is 1. The summed E-state index contributed by atoms with van der Waals surface area (Å²) in [6, 6.07) is 19.2. The Kier molecular flexibility index (Phi) is 5.82. The molecule has 0 aliphatic carbocycles. The number of halogens is 1. The Labute approximate surface area is 201 Å². The van der Waals surface area contributed by atoms with Crippen LogP contribution in [-0.4, -0.2) is 40.3 Å². The summed E-state index contributed by atoms with van der Waals surface area (Å²) >= 11 is 0. The van der Waals surface area contributed by atoms with Gasteiger partial charge in [0, 0.05) is 34.8 Å². The zero-order chi connectivity index (χ0) is 24.5. The minimum absolute atomic E-state index is 0.135. The molecule has 0 saturated carbocycles. The Hall–Kier alpha value is -4.39. The van der Waals surface area contributed by atoms with Crippen LogP contribution in [-0.2, 0) is 16.0 Å². The molecule has 1 aliphatic rings. The third-order valence-corrected chi connectivity index (χ3v) is 6.40. The lowest BCUT2D eigenvalue weighted by Gasteiger charge is -2.25. The number of methoxy groups -OCH3 is 1. The van der Waals surface area contributed by atoms with Gasteiger partial charge >= 0.3 is 0 Å². The number of hydrogen-bond donors (Lipinski definition) is 2. The molecule has 35 heavy (non-hydrogen) atoms. The van der Waals surface area contributed by atoms with E-state index in [0.717, 1.165) is 16.5 Å². The highest BCUT2D eigenvalue weighted by Gasteiger charge is 2.46. The van der Waals surface area contributed by atoms with Crippen molar-refractivity contribution < 1.29 is 23.8 Å². The fraction of sp³-hybridized carbons (Fsp3) is 0.143. The SMILES string of the molecule is COc1ccc(/C(O)=C2\C(=O)C(=O)N(CCc3c[nH]c4ccccc34)C2c2ccccc2F)cc1. The first-order chi connectivity index (χ1) is 17.0. The van der Waals surface area contributed by atoms with Crippen LogP contribution in [0.15, 0.2) is 84.6 Å². The molecule has 1 aliphatic heterocycles. The number of nitrogens with one attached hydrogen (secondary N) is 1. The summed E-state index contributed by atoms with van der Waals surface area (Å²) in [5, 5.41) is 12.1. The zero-order valence-corrected chi connectivity index (χ0v) is 19.0. The summed E-state index contributed by atoms with van der Waals surface area (Å²) in [5.74, 6) is -1.95. The van der Waals surface area contributed by atoms with Gasteiger partial charge in [0.1, 0.15) is 17.3 Å². The van der Waals surface area contributed by atoms with Gasteiger partial charge < -0.3 is 19.7 Å². The van der Waals surface area contributed by atoms with Crippen LogP contribution in [0.2, 0.25) is 0 Å². The standard InChI is InChI=1S/C28H23FN2O4/c1-35-19-12-10-17(11-13-19)26(32)24-25(21-7-2-4-8-22(21)29)31(28(34)27(24)33)15-14-18-16-30-23-9-5-3-6-20(18)23/h2-13,16,25,30,32H,14-15H2,1H3/b26-24+. The molecule has 2 N–H and O–H groups in total. The molecule has 5 rings (SSSR count). The van der Waals surface area contributed by atoms with E-state index < -0.39 is 23.5 Å². The van der Waals surface area contributed by atoms with Crippen LogP contribution in [0.3, 0.4) is 0 Å². The molecule has 1 saturated heterocycles. The maximum atomic E-state index is 15.0. The van der Waals surface area contributed by atoms with Gasteiger partial charge in [0.25, 0.3) is 11.7 Å². The smallest absolute Gasteiger partial charge is 0.295 e. The molecule has 176 valence electrons. The van der Waals surface area contributed by atoms with Gasteiger partial charge in [-0.3, -0.25) is 9.59 Å². The number of hydrogen-bond acceptors (Lipinski definition) is 4. The van der Waals surface area contributed by atoms with Crippen LogP contribution < -0.4 is 4.74 Å². The second kappa shape index (κ2) is 9.10. The predicted octanol–water partition coefficient (Wildman–Crippen LogP) is 4.98. The van der Waals surface area contributed by atoms with Crippen molar-refractivity contribution >= 4 is 28.4 Å². The molecular formula is C28H23FN2O4. The van der Waals surface area contributed by atoms with Crippen molar-refractivity contribution in [3.8, 4) is 5.75 Å². The Morgan fingerprint density at radius 1 is 1.03 bits per heavy atom. The lowest BCUT2D eigenvalue weighted by atomic mass is 9.94. The van der Waals surface area contributed by atoms with Crippen LogP contribution in [0, 0.1) is 5.82 Å². The van der Waals surface area contributed by atoms with Gasteiger partial charge in [0.05, 0.1) is 18.7 Å². The minimum Gasteiger partial charge on any atom is -0.507 e. The maximum absolute atomic E-state index is 15.0. The molecule has 1 atom stereocenters. The first-order valence-electron chi connectivity index (χ1n) is 11.2. The molecule has 1 unspecified atom stereocenters. The highest BCUT2D eigenvalue weighted by atomic mass is 19.1. The second-order valence-corrected chi connectivity index (χ2v) is 8.35. The van der Waals surface area contributed by atoms with E-state index in [0.29, 0.717) is 17.7 Å². The number of likely N-dealkylation sites (tertiary alicyclic amines) is 1. The summed E-state index contributed by atoms with van der Waals surface area (Å²) in [4.78, 5) is 30.9. The fourth-order valence-electron chi connectivity index (χ4n) is 4.61. The van der Waals surface area contributed by atoms with Gasteiger partial charge in [-0.25, -0.2) is 4.39 Å². The number of carbonyl (C=O) groups is 2. The van der Waals surface area contributed by atoms with E-state index >= 15 is 0 Å².